The molecule has 0 saturated carbocycles. The van der Waals surface area contributed by atoms with Crippen LogP contribution in [0.3, 0.4) is 0 Å². The van der Waals surface area contributed by atoms with Crippen LogP contribution >= 0.6 is 11.6 Å². The first-order chi connectivity index (χ1) is 7.97. The van der Waals surface area contributed by atoms with E-state index in [-0.39, 0.29) is 19.2 Å². The summed E-state index contributed by atoms with van der Waals surface area (Å²) in [6, 6.07) is 5.33. The number of carbonyl (C=O) groups is 1. The molecular weight excluding hydrogens is 240 g/mol. The van der Waals surface area contributed by atoms with E-state index in [1.165, 1.54) is 0 Å². The van der Waals surface area contributed by atoms with E-state index in [1.807, 2.05) is 13.8 Å². The molecule has 0 aliphatic rings. The van der Waals surface area contributed by atoms with Gasteiger partial charge in [-0.25, -0.2) is 0 Å². The highest BCUT2D eigenvalue weighted by atomic mass is 35.5. The number of aliphatic hydroxyl groups is 1. The molecule has 0 aliphatic heterocycles. The fourth-order valence-electron chi connectivity index (χ4n) is 1.70. The summed E-state index contributed by atoms with van der Waals surface area (Å²) in [5.74, 6) is -0.428. The summed E-state index contributed by atoms with van der Waals surface area (Å²) in [5.41, 5.74) is 6.58. The molecular formula is C12H17ClN2O2. The van der Waals surface area contributed by atoms with E-state index in [4.69, 9.17) is 17.3 Å². The van der Waals surface area contributed by atoms with Crippen LogP contribution < -0.4 is 10.6 Å². The van der Waals surface area contributed by atoms with Crippen LogP contribution in [0.1, 0.15) is 19.4 Å². The maximum Gasteiger partial charge on any atom is 0.236 e. The van der Waals surface area contributed by atoms with Crippen LogP contribution in [-0.2, 0) is 11.4 Å². The van der Waals surface area contributed by atoms with E-state index in [2.05, 4.69) is 0 Å². The van der Waals surface area contributed by atoms with Gasteiger partial charge in [-0.1, -0.05) is 23.7 Å². The lowest BCUT2D eigenvalue weighted by Gasteiger charge is -2.30. The zero-order valence-electron chi connectivity index (χ0n) is 9.98. The van der Waals surface area contributed by atoms with Gasteiger partial charge in [-0.05, 0) is 19.9 Å². The second-order valence-electron chi connectivity index (χ2n) is 4.09. The highest BCUT2D eigenvalue weighted by Gasteiger charge is 2.18. The number of aliphatic hydroxyl groups excluding tert-OH is 1. The first kappa shape index (κ1) is 13.8. The van der Waals surface area contributed by atoms with Crippen molar-refractivity contribution in [3.63, 3.8) is 0 Å². The van der Waals surface area contributed by atoms with Crippen LogP contribution in [0.5, 0.6) is 0 Å². The molecule has 94 valence electrons. The Balaban J connectivity index is 3.21. The van der Waals surface area contributed by atoms with Crippen molar-refractivity contribution < 1.29 is 9.90 Å². The summed E-state index contributed by atoms with van der Waals surface area (Å²) in [6.45, 7) is 3.83. The third kappa shape index (κ3) is 3.35. The zero-order chi connectivity index (χ0) is 13.0. The van der Waals surface area contributed by atoms with E-state index < -0.39 is 5.91 Å². The molecule has 0 radical (unpaired) electrons. The Kier molecular flexibility index (Phi) is 4.78. The van der Waals surface area contributed by atoms with Crippen molar-refractivity contribution in [3.8, 4) is 0 Å². The van der Waals surface area contributed by atoms with Crippen molar-refractivity contribution in [1.82, 2.24) is 0 Å². The average Bonchev–Trinajstić information content (AvgIpc) is 2.25. The Morgan fingerprint density at radius 2 is 2.18 bits per heavy atom. The maximum absolute atomic E-state index is 11.1. The summed E-state index contributed by atoms with van der Waals surface area (Å²) >= 11 is 6.13. The number of carbonyl (C=O) groups excluding carboxylic acids is 1. The number of primary amides is 1. The van der Waals surface area contributed by atoms with E-state index in [0.717, 1.165) is 0 Å². The van der Waals surface area contributed by atoms with E-state index in [1.54, 1.807) is 23.1 Å². The smallest absolute Gasteiger partial charge is 0.236 e. The number of amides is 1. The van der Waals surface area contributed by atoms with Crippen LogP contribution in [0.25, 0.3) is 0 Å². The molecule has 0 aromatic heterocycles. The molecule has 1 amide bonds. The van der Waals surface area contributed by atoms with Gasteiger partial charge in [0.05, 0.1) is 23.9 Å². The van der Waals surface area contributed by atoms with Gasteiger partial charge in [0.2, 0.25) is 5.91 Å². The molecule has 1 rings (SSSR count). The summed E-state index contributed by atoms with van der Waals surface area (Å²) < 4.78 is 0. The highest BCUT2D eigenvalue weighted by Crippen LogP contribution is 2.31. The van der Waals surface area contributed by atoms with Gasteiger partial charge in [-0.3, -0.25) is 4.79 Å². The first-order valence-electron chi connectivity index (χ1n) is 5.40. The Bertz CT molecular complexity index is 407. The number of para-hydroxylation sites is 1. The van der Waals surface area contributed by atoms with Crippen molar-refractivity contribution >= 4 is 23.2 Å². The van der Waals surface area contributed by atoms with Crippen molar-refractivity contribution in [2.24, 2.45) is 5.73 Å². The molecule has 0 unspecified atom stereocenters. The molecule has 0 fully saturated rings. The lowest BCUT2D eigenvalue weighted by Crippen LogP contribution is -2.39. The van der Waals surface area contributed by atoms with Gasteiger partial charge >= 0.3 is 0 Å². The minimum absolute atomic E-state index is 0.0627. The summed E-state index contributed by atoms with van der Waals surface area (Å²) in [6.07, 6.45) is 0. The Hall–Kier alpha value is -1.26. The molecule has 1 aromatic carbocycles. The fraction of sp³-hybridized carbons (Fsp3) is 0.417. The first-order valence-corrected chi connectivity index (χ1v) is 5.78. The van der Waals surface area contributed by atoms with Crippen LogP contribution in [0.4, 0.5) is 5.69 Å². The Morgan fingerprint density at radius 1 is 1.53 bits per heavy atom. The minimum Gasteiger partial charge on any atom is -0.392 e. The lowest BCUT2D eigenvalue weighted by molar-refractivity contribution is -0.116. The average molecular weight is 257 g/mol. The maximum atomic E-state index is 11.1. The predicted octanol–water partition coefficient (Wildman–Crippen LogP) is 1.53. The van der Waals surface area contributed by atoms with Crippen LogP contribution in [0.15, 0.2) is 18.2 Å². The molecule has 0 atom stereocenters. The summed E-state index contributed by atoms with van der Waals surface area (Å²) in [4.78, 5) is 12.9. The molecule has 3 N–H and O–H groups in total. The molecule has 4 nitrogen and oxygen atoms in total. The van der Waals surface area contributed by atoms with Crippen molar-refractivity contribution in [1.29, 1.82) is 0 Å². The van der Waals surface area contributed by atoms with Crippen LogP contribution in [0, 0.1) is 0 Å². The van der Waals surface area contributed by atoms with Gasteiger partial charge in [0.15, 0.2) is 0 Å². The molecule has 0 saturated heterocycles. The van der Waals surface area contributed by atoms with Crippen LogP contribution in [0.2, 0.25) is 5.02 Å². The minimum atomic E-state index is -0.428. The van der Waals surface area contributed by atoms with Crippen molar-refractivity contribution in [3.05, 3.63) is 28.8 Å². The molecule has 0 heterocycles. The van der Waals surface area contributed by atoms with E-state index >= 15 is 0 Å². The van der Waals surface area contributed by atoms with Gasteiger partial charge in [0, 0.05) is 11.6 Å². The Labute approximate surface area is 106 Å². The number of rotatable bonds is 5. The number of hydrogen-bond donors (Lipinski definition) is 2. The molecule has 17 heavy (non-hydrogen) atoms. The molecule has 1 aromatic rings. The second kappa shape index (κ2) is 5.89. The van der Waals surface area contributed by atoms with Gasteiger partial charge in [0.25, 0.3) is 0 Å². The van der Waals surface area contributed by atoms with E-state index in [0.29, 0.717) is 16.3 Å². The quantitative estimate of drug-likeness (QED) is 0.840. The van der Waals surface area contributed by atoms with Gasteiger partial charge < -0.3 is 15.7 Å². The molecule has 0 spiro atoms. The van der Waals surface area contributed by atoms with Crippen molar-refractivity contribution in [2.45, 2.75) is 26.5 Å². The van der Waals surface area contributed by atoms with Crippen LogP contribution in [-0.4, -0.2) is 23.6 Å². The number of nitrogens with two attached hydrogens (primary N) is 1. The monoisotopic (exact) mass is 256 g/mol. The third-order valence-electron chi connectivity index (χ3n) is 2.48. The molecule has 0 bridgehead atoms. The number of nitrogens with zero attached hydrogens (tertiary/aromatic N) is 1. The SMILES string of the molecule is CC(C)N(CC(N)=O)c1c(Cl)cccc1CO. The number of halogens is 1. The van der Waals surface area contributed by atoms with Crippen molar-refractivity contribution in [2.75, 3.05) is 11.4 Å². The standard InChI is InChI=1S/C12H17ClN2O2/c1-8(2)15(6-11(14)17)12-9(7-16)4-3-5-10(12)13/h3-5,8,16H,6-7H2,1-2H3,(H2,14,17). The third-order valence-corrected chi connectivity index (χ3v) is 2.78. The Morgan fingerprint density at radius 3 is 2.65 bits per heavy atom. The summed E-state index contributed by atoms with van der Waals surface area (Å²) in [7, 11) is 0. The number of benzene rings is 1. The fourth-order valence-corrected chi connectivity index (χ4v) is 2.00. The molecule has 0 aliphatic carbocycles. The van der Waals surface area contributed by atoms with Gasteiger partial charge in [0.1, 0.15) is 0 Å². The zero-order valence-corrected chi connectivity index (χ0v) is 10.7. The second-order valence-corrected chi connectivity index (χ2v) is 4.50. The highest BCUT2D eigenvalue weighted by molar-refractivity contribution is 6.33. The normalized spacial score (nSPS) is 10.6. The van der Waals surface area contributed by atoms with E-state index in [9.17, 15) is 9.90 Å². The van der Waals surface area contributed by atoms with Gasteiger partial charge in [-0.15, -0.1) is 0 Å². The number of hydrogen-bond acceptors (Lipinski definition) is 3. The van der Waals surface area contributed by atoms with Gasteiger partial charge in [-0.2, -0.15) is 0 Å². The number of anilines is 1. The predicted molar refractivity (Wildman–Crippen MR) is 69.1 cm³/mol. The molecule has 5 heteroatoms. The largest absolute Gasteiger partial charge is 0.392 e. The summed E-state index contributed by atoms with van der Waals surface area (Å²) in [5, 5.41) is 9.81. The lowest BCUT2D eigenvalue weighted by atomic mass is 10.1. The topological polar surface area (TPSA) is 66.6 Å².